The number of rotatable bonds is 4. The topological polar surface area (TPSA) is 12.0 Å². The largest absolute Gasteiger partial charge is 0.306 e. The van der Waals surface area contributed by atoms with Crippen molar-refractivity contribution in [1.82, 2.24) is 5.32 Å². The third-order valence-corrected chi connectivity index (χ3v) is 6.02. The van der Waals surface area contributed by atoms with Crippen molar-refractivity contribution in [3.8, 4) is 0 Å². The van der Waals surface area contributed by atoms with Crippen molar-refractivity contribution < 1.29 is 0 Å². The molecule has 3 aromatic rings. The van der Waals surface area contributed by atoms with Gasteiger partial charge in [0.2, 0.25) is 0 Å². The van der Waals surface area contributed by atoms with Crippen LogP contribution in [0.5, 0.6) is 0 Å². The third kappa shape index (κ3) is 2.63. The first-order valence-electron chi connectivity index (χ1n) is 6.23. The Hall–Kier alpha value is -0.680. The van der Waals surface area contributed by atoms with Crippen molar-refractivity contribution in [2.24, 2.45) is 0 Å². The molecule has 0 aliphatic rings. The molecule has 4 heteroatoms. The molecule has 1 N–H and O–H groups in total. The van der Waals surface area contributed by atoms with E-state index in [1.54, 1.807) is 11.3 Å². The Labute approximate surface area is 129 Å². The zero-order valence-electron chi connectivity index (χ0n) is 10.5. The molecule has 98 valence electrons. The van der Waals surface area contributed by atoms with Gasteiger partial charge in [-0.1, -0.05) is 25.1 Å². The fourth-order valence-corrected chi connectivity index (χ4v) is 4.92. The Balaban J connectivity index is 2.07. The molecule has 0 aliphatic carbocycles. The maximum absolute atomic E-state index is 3.65. The highest BCUT2D eigenvalue weighted by Gasteiger charge is 2.18. The van der Waals surface area contributed by atoms with Crippen LogP contribution in [-0.4, -0.2) is 6.54 Å². The quantitative estimate of drug-likeness (QED) is 0.661. The molecule has 0 radical (unpaired) electrons. The van der Waals surface area contributed by atoms with Gasteiger partial charge in [-0.15, -0.1) is 11.3 Å². The highest BCUT2D eigenvalue weighted by atomic mass is 79.9. The third-order valence-electron chi connectivity index (χ3n) is 3.09. The lowest BCUT2D eigenvalue weighted by Gasteiger charge is -2.15. The smallest absolute Gasteiger partial charge is 0.0690 e. The molecule has 2 aromatic heterocycles. The van der Waals surface area contributed by atoms with Crippen LogP contribution in [-0.2, 0) is 0 Å². The summed E-state index contributed by atoms with van der Waals surface area (Å²) < 4.78 is 2.55. The zero-order chi connectivity index (χ0) is 13.2. The first-order chi connectivity index (χ1) is 9.29. The predicted molar refractivity (Wildman–Crippen MR) is 89.4 cm³/mol. The Morgan fingerprint density at radius 3 is 2.79 bits per heavy atom. The SMILES string of the molecule is CCNC(c1cc2ccccc2s1)c1cscc1Br. The number of nitrogens with one attached hydrogen (secondary N) is 1. The molecular weight excluding hydrogens is 338 g/mol. The van der Waals surface area contributed by atoms with Gasteiger partial charge in [-0.2, -0.15) is 11.3 Å². The molecule has 0 aliphatic heterocycles. The summed E-state index contributed by atoms with van der Waals surface area (Å²) in [6.45, 7) is 3.11. The molecule has 19 heavy (non-hydrogen) atoms. The van der Waals surface area contributed by atoms with E-state index in [2.05, 4.69) is 69.3 Å². The molecule has 0 bridgehead atoms. The highest BCUT2D eigenvalue weighted by Crippen LogP contribution is 2.37. The average Bonchev–Trinajstić information content (AvgIpc) is 3.02. The Morgan fingerprint density at radius 2 is 2.11 bits per heavy atom. The Morgan fingerprint density at radius 1 is 1.26 bits per heavy atom. The van der Waals surface area contributed by atoms with Crippen LogP contribution < -0.4 is 5.32 Å². The lowest BCUT2D eigenvalue weighted by atomic mass is 10.1. The molecule has 3 rings (SSSR count). The van der Waals surface area contributed by atoms with Gasteiger partial charge in [0.05, 0.1) is 6.04 Å². The van der Waals surface area contributed by atoms with Gasteiger partial charge in [0.15, 0.2) is 0 Å². The summed E-state index contributed by atoms with van der Waals surface area (Å²) in [6, 6.07) is 11.2. The van der Waals surface area contributed by atoms with Gasteiger partial charge >= 0.3 is 0 Å². The summed E-state index contributed by atoms with van der Waals surface area (Å²) in [5.74, 6) is 0. The Bertz CT molecular complexity index is 653. The Kier molecular flexibility index (Phi) is 4.03. The van der Waals surface area contributed by atoms with Crippen molar-refractivity contribution in [1.29, 1.82) is 0 Å². The molecule has 0 fully saturated rings. The van der Waals surface area contributed by atoms with Gasteiger partial charge in [-0.3, -0.25) is 0 Å². The number of hydrogen-bond donors (Lipinski definition) is 1. The lowest BCUT2D eigenvalue weighted by molar-refractivity contribution is 0.640. The van der Waals surface area contributed by atoms with Crippen LogP contribution in [0.25, 0.3) is 10.1 Å². The number of halogens is 1. The maximum atomic E-state index is 3.65. The van der Waals surface area contributed by atoms with Gasteiger partial charge in [-0.05, 0) is 50.9 Å². The van der Waals surface area contributed by atoms with E-state index in [9.17, 15) is 0 Å². The number of fused-ring (bicyclic) bond motifs is 1. The van der Waals surface area contributed by atoms with Crippen LogP contribution in [0, 0.1) is 0 Å². The average molecular weight is 352 g/mol. The van der Waals surface area contributed by atoms with E-state index in [4.69, 9.17) is 0 Å². The van der Waals surface area contributed by atoms with Crippen LogP contribution in [0.4, 0.5) is 0 Å². The van der Waals surface area contributed by atoms with Gasteiger partial charge in [0.1, 0.15) is 0 Å². The van der Waals surface area contributed by atoms with Gasteiger partial charge < -0.3 is 5.32 Å². The molecule has 2 heterocycles. The van der Waals surface area contributed by atoms with E-state index in [0.717, 1.165) is 6.54 Å². The number of benzene rings is 1. The van der Waals surface area contributed by atoms with E-state index >= 15 is 0 Å². The van der Waals surface area contributed by atoms with Gasteiger partial charge in [0.25, 0.3) is 0 Å². The van der Waals surface area contributed by atoms with Crippen LogP contribution >= 0.6 is 38.6 Å². The summed E-state index contributed by atoms with van der Waals surface area (Å²) in [4.78, 5) is 1.38. The van der Waals surface area contributed by atoms with Crippen LogP contribution in [0.15, 0.2) is 45.6 Å². The fraction of sp³-hybridized carbons (Fsp3) is 0.200. The minimum absolute atomic E-state index is 0.281. The van der Waals surface area contributed by atoms with Crippen molar-refractivity contribution in [2.75, 3.05) is 6.54 Å². The predicted octanol–water partition coefficient (Wildman–Crippen LogP) is 5.42. The molecular formula is C15H14BrNS2. The molecule has 0 saturated heterocycles. The molecule has 0 saturated carbocycles. The zero-order valence-corrected chi connectivity index (χ0v) is 13.7. The lowest BCUT2D eigenvalue weighted by Crippen LogP contribution is -2.20. The second-order valence-electron chi connectivity index (χ2n) is 4.35. The fourth-order valence-electron chi connectivity index (χ4n) is 2.21. The first kappa shape index (κ1) is 13.3. The van der Waals surface area contributed by atoms with Crippen molar-refractivity contribution >= 4 is 48.7 Å². The first-order valence-corrected chi connectivity index (χ1v) is 8.78. The highest BCUT2D eigenvalue weighted by molar-refractivity contribution is 9.10. The summed E-state index contributed by atoms with van der Waals surface area (Å²) in [7, 11) is 0. The second-order valence-corrected chi connectivity index (χ2v) is 7.07. The molecule has 1 atom stereocenters. The van der Waals surface area contributed by atoms with Crippen LogP contribution in [0.3, 0.4) is 0 Å². The molecule has 1 nitrogen and oxygen atoms in total. The molecule has 1 unspecified atom stereocenters. The molecule has 0 amide bonds. The van der Waals surface area contributed by atoms with Crippen molar-refractivity contribution in [2.45, 2.75) is 13.0 Å². The van der Waals surface area contributed by atoms with Gasteiger partial charge in [0, 0.05) is 19.4 Å². The van der Waals surface area contributed by atoms with Crippen molar-refractivity contribution in [3.05, 3.63) is 56.0 Å². The number of thiophene rings is 2. The van der Waals surface area contributed by atoms with Crippen molar-refractivity contribution in [3.63, 3.8) is 0 Å². The van der Waals surface area contributed by atoms with Crippen LogP contribution in [0.2, 0.25) is 0 Å². The maximum Gasteiger partial charge on any atom is 0.0690 e. The summed E-state index contributed by atoms with van der Waals surface area (Å²) >= 11 is 7.27. The van der Waals surface area contributed by atoms with E-state index in [-0.39, 0.29) is 6.04 Å². The summed E-state index contributed by atoms with van der Waals surface area (Å²) in [6.07, 6.45) is 0. The number of hydrogen-bond acceptors (Lipinski definition) is 3. The standard InChI is InChI=1S/C15H14BrNS2/c1-2-17-15(11-8-18-9-12(11)16)14-7-10-5-3-4-6-13(10)19-14/h3-9,15,17H,2H2,1H3. The van der Waals surface area contributed by atoms with E-state index in [1.807, 2.05) is 11.3 Å². The van der Waals surface area contributed by atoms with Gasteiger partial charge in [-0.25, -0.2) is 0 Å². The monoisotopic (exact) mass is 351 g/mol. The summed E-state index contributed by atoms with van der Waals surface area (Å²) in [5, 5.41) is 9.29. The van der Waals surface area contributed by atoms with Crippen LogP contribution in [0.1, 0.15) is 23.4 Å². The minimum atomic E-state index is 0.281. The minimum Gasteiger partial charge on any atom is -0.306 e. The second kappa shape index (κ2) is 5.75. The molecule has 0 spiro atoms. The van der Waals surface area contributed by atoms with E-state index < -0.39 is 0 Å². The summed E-state index contributed by atoms with van der Waals surface area (Å²) in [5.41, 5.74) is 1.33. The normalized spacial score (nSPS) is 12.9. The van der Waals surface area contributed by atoms with E-state index in [1.165, 1.54) is 25.0 Å². The van der Waals surface area contributed by atoms with E-state index in [0.29, 0.717) is 0 Å². The molecule has 1 aromatic carbocycles.